The number of hydrogen-bond donors (Lipinski definition) is 1. The van der Waals surface area contributed by atoms with Crippen LogP contribution in [0.5, 0.6) is 0 Å². The Morgan fingerprint density at radius 1 is 1.58 bits per heavy atom. The molecule has 1 aromatic rings. The number of carbonyl (C=O) groups excluding carboxylic acids is 1. The number of methoxy groups -OCH3 is 1. The summed E-state index contributed by atoms with van der Waals surface area (Å²) < 4.78 is 10.2. The monoisotopic (exact) mass is 284 g/mol. The molecule has 1 atom stereocenters. The predicted molar refractivity (Wildman–Crippen MR) is 74.8 cm³/mol. The van der Waals surface area contributed by atoms with Crippen molar-refractivity contribution >= 4 is 28.9 Å². The zero-order valence-corrected chi connectivity index (χ0v) is 11.7. The van der Waals surface area contributed by atoms with E-state index in [0.717, 1.165) is 13.0 Å². The van der Waals surface area contributed by atoms with Crippen LogP contribution in [-0.4, -0.2) is 39.4 Å². The fourth-order valence-corrected chi connectivity index (χ4v) is 2.62. The number of rotatable bonds is 3. The molecule has 0 aromatic heterocycles. The SMILES string of the molecule is COC(=O)c1cc(N)cc(Cl)c1N(C)C1CCOC1. The van der Waals surface area contributed by atoms with Crippen LogP contribution in [0.15, 0.2) is 12.1 Å². The molecule has 0 saturated carbocycles. The van der Waals surface area contributed by atoms with E-state index in [2.05, 4.69) is 0 Å². The molecule has 2 N–H and O–H groups in total. The smallest absolute Gasteiger partial charge is 0.340 e. The van der Waals surface area contributed by atoms with E-state index < -0.39 is 5.97 Å². The molecule has 104 valence electrons. The summed E-state index contributed by atoms with van der Waals surface area (Å²) in [5.74, 6) is -0.449. The van der Waals surface area contributed by atoms with Gasteiger partial charge < -0.3 is 20.1 Å². The summed E-state index contributed by atoms with van der Waals surface area (Å²) in [5, 5.41) is 0.440. The van der Waals surface area contributed by atoms with Gasteiger partial charge in [0.2, 0.25) is 0 Å². The van der Waals surface area contributed by atoms with Crippen LogP contribution < -0.4 is 10.6 Å². The predicted octanol–water partition coefficient (Wildman–Crippen LogP) is 1.93. The quantitative estimate of drug-likeness (QED) is 0.679. The molecule has 1 aliphatic rings. The molecule has 1 heterocycles. The Morgan fingerprint density at radius 2 is 2.32 bits per heavy atom. The summed E-state index contributed by atoms with van der Waals surface area (Å²) in [5.41, 5.74) is 7.19. The van der Waals surface area contributed by atoms with Gasteiger partial charge in [-0.1, -0.05) is 11.6 Å². The van der Waals surface area contributed by atoms with Crippen molar-refractivity contribution in [1.29, 1.82) is 0 Å². The van der Waals surface area contributed by atoms with E-state index in [1.54, 1.807) is 12.1 Å². The van der Waals surface area contributed by atoms with Gasteiger partial charge in [-0.05, 0) is 18.6 Å². The largest absolute Gasteiger partial charge is 0.465 e. The number of anilines is 2. The van der Waals surface area contributed by atoms with E-state index >= 15 is 0 Å². The summed E-state index contributed by atoms with van der Waals surface area (Å²) in [7, 11) is 3.23. The Morgan fingerprint density at radius 3 is 2.89 bits per heavy atom. The number of benzene rings is 1. The van der Waals surface area contributed by atoms with Crippen LogP contribution in [0.4, 0.5) is 11.4 Å². The Bertz CT molecular complexity index is 487. The minimum absolute atomic E-state index is 0.199. The van der Waals surface area contributed by atoms with Crippen molar-refractivity contribution in [2.45, 2.75) is 12.5 Å². The first-order chi connectivity index (χ1) is 9.04. The van der Waals surface area contributed by atoms with E-state index in [0.29, 0.717) is 28.6 Å². The van der Waals surface area contributed by atoms with Gasteiger partial charge in [0.05, 0.1) is 36.0 Å². The number of carbonyl (C=O) groups is 1. The molecule has 0 spiro atoms. The summed E-state index contributed by atoms with van der Waals surface area (Å²) in [4.78, 5) is 13.8. The topological polar surface area (TPSA) is 64.8 Å². The van der Waals surface area contributed by atoms with Crippen LogP contribution in [-0.2, 0) is 9.47 Å². The van der Waals surface area contributed by atoms with Gasteiger partial charge in [-0.15, -0.1) is 0 Å². The van der Waals surface area contributed by atoms with Gasteiger partial charge >= 0.3 is 5.97 Å². The van der Waals surface area contributed by atoms with Crippen LogP contribution >= 0.6 is 11.6 Å². The van der Waals surface area contributed by atoms with Gasteiger partial charge in [0.1, 0.15) is 0 Å². The summed E-state index contributed by atoms with van der Waals surface area (Å²) in [6, 6.07) is 3.42. The summed E-state index contributed by atoms with van der Waals surface area (Å²) in [6.07, 6.45) is 0.901. The molecule has 0 radical (unpaired) electrons. The summed E-state index contributed by atoms with van der Waals surface area (Å²) in [6.45, 7) is 1.34. The fourth-order valence-electron chi connectivity index (χ4n) is 2.25. The highest BCUT2D eigenvalue weighted by molar-refractivity contribution is 6.34. The molecule has 6 heteroatoms. The van der Waals surface area contributed by atoms with Crippen molar-refractivity contribution < 1.29 is 14.3 Å². The summed E-state index contributed by atoms with van der Waals surface area (Å²) >= 11 is 6.24. The average molecular weight is 285 g/mol. The third-order valence-corrected chi connectivity index (χ3v) is 3.59. The lowest BCUT2D eigenvalue weighted by Crippen LogP contribution is -2.33. The van der Waals surface area contributed by atoms with Gasteiger partial charge in [0.15, 0.2) is 0 Å². The number of hydrogen-bond acceptors (Lipinski definition) is 5. The maximum absolute atomic E-state index is 11.9. The third kappa shape index (κ3) is 2.77. The van der Waals surface area contributed by atoms with Crippen LogP contribution in [0.1, 0.15) is 16.8 Å². The minimum Gasteiger partial charge on any atom is -0.465 e. The van der Waals surface area contributed by atoms with Gasteiger partial charge in [-0.3, -0.25) is 0 Å². The molecule has 1 unspecified atom stereocenters. The molecule has 1 aliphatic heterocycles. The van der Waals surface area contributed by atoms with Crippen LogP contribution in [0.25, 0.3) is 0 Å². The van der Waals surface area contributed by atoms with Crippen molar-refractivity contribution in [2.24, 2.45) is 0 Å². The van der Waals surface area contributed by atoms with E-state index in [-0.39, 0.29) is 6.04 Å². The lowest BCUT2D eigenvalue weighted by atomic mass is 10.1. The van der Waals surface area contributed by atoms with Crippen molar-refractivity contribution in [3.8, 4) is 0 Å². The Hall–Kier alpha value is -1.46. The lowest BCUT2D eigenvalue weighted by Gasteiger charge is -2.28. The molecule has 1 fully saturated rings. The highest BCUT2D eigenvalue weighted by atomic mass is 35.5. The van der Waals surface area contributed by atoms with E-state index in [4.69, 9.17) is 26.8 Å². The number of nitrogens with zero attached hydrogens (tertiary/aromatic N) is 1. The van der Waals surface area contributed by atoms with Gasteiger partial charge in [0.25, 0.3) is 0 Å². The van der Waals surface area contributed by atoms with Crippen LogP contribution in [0.2, 0.25) is 5.02 Å². The molecular formula is C13H17ClN2O3. The number of esters is 1. The molecule has 1 saturated heterocycles. The molecule has 0 aliphatic carbocycles. The number of likely N-dealkylation sites (N-methyl/N-ethyl adjacent to an activating group) is 1. The van der Waals surface area contributed by atoms with Crippen molar-refractivity contribution in [3.05, 3.63) is 22.7 Å². The van der Waals surface area contributed by atoms with Crippen molar-refractivity contribution in [1.82, 2.24) is 0 Å². The molecule has 2 rings (SSSR count). The molecule has 0 bridgehead atoms. The van der Waals surface area contributed by atoms with Crippen LogP contribution in [0, 0.1) is 0 Å². The highest BCUT2D eigenvalue weighted by Gasteiger charge is 2.26. The van der Waals surface area contributed by atoms with Gasteiger partial charge in [-0.2, -0.15) is 0 Å². The standard InChI is InChI=1S/C13H17ClN2O3/c1-16(9-3-4-19-7-9)12-10(13(17)18-2)5-8(15)6-11(12)14/h5-6,9H,3-4,7,15H2,1-2H3. The second-order valence-electron chi connectivity index (χ2n) is 4.52. The number of nitrogens with two attached hydrogens (primary N) is 1. The van der Waals surface area contributed by atoms with Gasteiger partial charge in [-0.25, -0.2) is 4.79 Å². The lowest BCUT2D eigenvalue weighted by molar-refractivity contribution is 0.0601. The Labute approximate surface area is 117 Å². The average Bonchev–Trinajstić information content (AvgIpc) is 2.90. The minimum atomic E-state index is -0.449. The maximum Gasteiger partial charge on any atom is 0.340 e. The molecule has 1 aromatic carbocycles. The highest BCUT2D eigenvalue weighted by Crippen LogP contribution is 2.34. The Kier molecular flexibility index (Phi) is 4.17. The third-order valence-electron chi connectivity index (χ3n) is 3.30. The van der Waals surface area contributed by atoms with E-state index in [1.165, 1.54) is 7.11 Å². The Balaban J connectivity index is 2.44. The fraction of sp³-hybridized carbons (Fsp3) is 0.462. The molecule has 5 nitrogen and oxygen atoms in total. The van der Waals surface area contributed by atoms with Crippen molar-refractivity contribution in [3.63, 3.8) is 0 Å². The zero-order valence-electron chi connectivity index (χ0n) is 11.0. The van der Waals surface area contributed by atoms with E-state index in [1.807, 2.05) is 11.9 Å². The number of halogens is 1. The first-order valence-electron chi connectivity index (χ1n) is 6.02. The second kappa shape index (κ2) is 5.67. The zero-order chi connectivity index (χ0) is 14.0. The second-order valence-corrected chi connectivity index (χ2v) is 4.93. The van der Waals surface area contributed by atoms with Gasteiger partial charge in [0, 0.05) is 19.3 Å². The van der Waals surface area contributed by atoms with Crippen molar-refractivity contribution in [2.75, 3.05) is 38.0 Å². The first-order valence-corrected chi connectivity index (χ1v) is 6.40. The molecule has 0 amide bonds. The maximum atomic E-state index is 11.9. The number of ether oxygens (including phenoxy) is 2. The number of nitrogen functional groups attached to an aromatic ring is 1. The molecular weight excluding hydrogens is 268 g/mol. The molecule has 19 heavy (non-hydrogen) atoms. The van der Waals surface area contributed by atoms with Crippen LogP contribution in [0.3, 0.4) is 0 Å². The first kappa shape index (κ1) is 14.0. The normalized spacial score (nSPS) is 18.4. The van der Waals surface area contributed by atoms with E-state index in [9.17, 15) is 4.79 Å².